The first-order valence-electron chi connectivity index (χ1n) is 12.6. The normalized spacial score (nSPS) is 19.9. The molecule has 2 aromatic rings. The molecule has 2 aromatic carbocycles. The van der Waals surface area contributed by atoms with E-state index in [2.05, 4.69) is 33.9 Å². The van der Waals surface area contributed by atoms with E-state index in [-0.39, 0.29) is 23.0 Å². The molecule has 0 aromatic heterocycles. The lowest BCUT2D eigenvalue weighted by molar-refractivity contribution is 0.0703. The molecule has 1 aliphatic rings. The maximum absolute atomic E-state index is 13.9. The molecule has 3 rings (SSSR count). The van der Waals surface area contributed by atoms with Crippen LogP contribution in [0.1, 0.15) is 39.2 Å². The number of piperazine rings is 1. The summed E-state index contributed by atoms with van der Waals surface area (Å²) in [5.41, 5.74) is 0.975. The van der Waals surface area contributed by atoms with Gasteiger partial charge in [0.15, 0.2) is 8.32 Å². The zero-order valence-corrected chi connectivity index (χ0v) is 23.9. The molecule has 2 unspecified atom stereocenters. The number of hydrogen-bond acceptors (Lipinski definition) is 4. The van der Waals surface area contributed by atoms with Gasteiger partial charge in [0, 0.05) is 31.8 Å². The summed E-state index contributed by atoms with van der Waals surface area (Å²) < 4.78 is 35.8. The quantitative estimate of drug-likeness (QED) is 0.343. The summed E-state index contributed by atoms with van der Waals surface area (Å²) in [6.45, 7) is 11.8. The van der Waals surface area contributed by atoms with Gasteiger partial charge in [0.05, 0.1) is 4.90 Å². The highest BCUT2D eigenvalue weighted by molar-refractivity contribution is 7.89. The van der Waals surface area contributed by atoms with E-state index < -0.39 is 36.5 Å². The van der Waals surface area contributed by atoms with Crippen molar-refractivity contribution in [1.82, 2.24) is 9.21 Å². The van der Waals surface area contributed by atoms with Crippen LogP contribution < -0.4 is 0 Å². The summed E-state index contributed by atoms with van der Waals surface area (Å²) in [5.74, 6) is 0. The Morgan fingerprint density at radius 1 is 1.00 bits per heavy atom. The first-order valence-corrected chi connectivity index (χ1v) is 16.9. The minimum Gasteiger partial charge on any atom is -0.465 e. The molecule has 1 aliphatic heterocycles. The lowest BCUT2D eigenvalue weighted by Gasteiger charge is -2.45. The van der Waals surface area contributed by atoms with Gasteiger partial charge in [0.2, 0.25) is 10.0 Å². The van der Waals surface area contributed by atoms with E-state index in [1.165, 1.54) is 4.90 Å². The van der Waals surface area contributed by atoms with Gasteiger partial charge in [-0.3, -0.25) is 0 Å². The maximum atomic E-state index is 13.9. The predicted molar refractivity (Wildman–Crippen MR) is 145 cm³/mol. The van der Waals surface area contributed by atoms with Gasteiger partial charge < -0.3 is 14.4 Å². The van der Waals surface area contributed by atoms with Crippen LogP contribution in [-0.4, -0.2) is 68.9 Å². The topological polar surface area (TPSA) is 87.2 Å². The molecule has 2 atom stereocenters. The van der Waals surface area contributed by atoms with Gasteiger partial charge in [-0.25, -0.2) is 13.2 Å². The fraction of sp³-hybridized carbons (Fsp3) is 0.519. The Labute approximate surface area is 217 Å². The average molecular weight is 533 g/mol. The largest absolute Gasteiger partial charge is 0.465 e. The Morgan fingerprint density at radius 2 is 1.56 bits per heavy atom. The highest BCUT2D eigenvalue weighted by atomic mass is 32.2. The van der Waals surface area contributed by atoms with Gasteiger partial charge in [-0.05, 0) is 55.1 Å². The van der Waals surface area contributed by atoms with E-state index in [1.807, 2.05) is 30.3 Å². The first kappa shape index (κ1) is 28.4. The highest BCUT2D eigenvalue weighted by Gasteiger charge is 2.43. The van der Waals surface area contributed by atoms with Crippen molar-refractivity contribution in [2.24, 2.45) is 0 Å². The number of benzene rings is 2. The van der Waals surface area contributed by atoms with Gasteiger partial charge >= 0.3 is 6.09 Å². The highest BCUT2D eigenvalue weighted by Crippen LogP contribution is 2.37. The summed E-state index contributed by atoms with van der Waals surface area (Å²) >= 11 is 0. The number of sulfonamides is 1. The Kier molecular flexibility index (Phi) is 9.03. The SMILES string of the molecule is CC(C)(C)[Si](C)(C)OCCCC1CN(C(=O)O)CC(Cc2ccccc2)N1S(=O)(=O)c1ccccc1. The summed E-state index contributed by atoms with van der Waals surface area (Å²) in [7, 11) is -5.77. The number of carboxylic acid groups (broad SMARTS) is 1. The molecule has 0 bridgehead atoms. The molecule has 0 aliphatic carbocycles. The van der Waals surface area contributed by atoms with E-state index >= 15 is 0 Å². The standard InChI is InChI=1S/C27H40N2O5SSi/c1-27(2,3)36(4,5)34-18-12-15-23-20-28(26(30)31)21-24(19-22-13-8-6-9-14-22)29(23)35(32,33)25-16-10-7-11-17-25/h6-11,13-14,16-17,23-24H,12,15,18-21H2,1-5H3,(H,30,31). The van der Waals surface area contributed by atoms with Crippen molar-refractivity contribution in [2.75, 3.05) is 19.7 Å². The Hall–Kier alpha value is -2.20. The van der Waals surface area contributed by atoms with Crippen LogP contribution in [-0.2, 0) is 20.9 Å². The molecular formula is C27H40N2O5SSi. The first-order chi connectivity index (χ1) is 16.8. The van der Waals surface area contributed by atoms with E-state index in [1.54, 1.807) is 34.6 Å². The third-order valence-corrected chi connectivity index (χ3v) is 14.0. The molecule has 1 amide bonds. The second-order valence-corrected chi connectivity index (χ2v) is 17.7. The van der Waals surface area contributed by atoms with Crippen molar-refractivity contribution in [3.8, 4) is 0 Å². The van der Waals surface area contributed by atoms with Crippen LogP contribution >= 0.6 is 0 Å². The minimum absolute atomic E-state index is 0.0847. The summed E-state index contributed by atoms with van der Waals surface area (Å²) in [5, 5.41) is 9.94. The molecule has 1 N–H and O–H groups in total. The molecule has 9 heteroatoms. The fourth-order valence-electron chi connectivity index (χ4n) is 4.43. The van der Waals surface area contributed by atoms with Crippen LogP contribution in [0.2, 0.25) is 18.1 Å². The number of hydrogen-bond donors (Lipinski definition) is 1. The summed E-state index contributed by atoms with van der Waals surface area (Å²) in [6, 6.07) is 17.1. The lowest BCUT2D eigenvalue weighted by atomic mass is 10.00. The smallest absolute Gasteiger partial charge is 0.407 e. The summed E-state index contributed by atoms with van der Waals surface area (Å²) in [4.78, 5) is 13.6. The van der Waals surface area contributed by atoms with Crippen molar-refractivity contribution < 1.29 is 22.7 Å². The fourth-order valence-corrected chi connectivity index (χ4v) is 7.36. The van der Waals surface area contributed by atoms with E-state index in [0.29, 0.717) is 25.9 Å². The van der Waals surface area contributed by atoms with Gasteiger partial charge in [0.1, 0.15) is 0 Å². The van der Waals surface area contributed by atoms with E-state index in [0.717, 1.165) is 5.56 Å². The van der Waals surface area contributed by atoms with Crippen LogP contribution in [0.15, 0.2) is 65.6 Å². The molecule has 7 nitrogen and oxygen atoms in total. The molecule has 1 fully saturated rings. The monoisotopic (exact) mass is 532 g/mol. The second-order valence-electron chi connectivity index (χ2n) is 11.1. The molecule has 36 heavy (non-hydrogen) atoms. The zero-order valence-electron chi connectivity index (χ0n) is 22.1. The van der Waals surface area contributed by atoms with Gasteiger partial charge in [-0.15, -0.1) is 0 Å². The van der Waals surface area contributed by atoms with Gasteiger partial charge in [0.25, 0.3) is 0 Å². The third-order valence-electron chi connectivity index (χ3n) is 7.44. The molecule has 1 saturated heterocycles. The number of carbonyl (C=O) groups is 1. The third kappa shape index (κ3) is 6.76. The van der Waals surface area contributed by atoms with Crippen molar-refractivity contribution in [2.45, 2.75) is 75.1 Å². The van der Waals surface area contributed by atoms with Crippen LogP contribution in [0.4, 0.5) is 4.79 Å². The number of nitrogens with zero attached hydrogens (tertiary/aromatic N) is 2. The zero-order chi connectivity index (χ0) is 26.6. The molecule has 0 spiro atoms. The van der Waals surface area contributed by atoms with E-state index in [4.69, 9.17) is 4.43 Å². The number of rotatable bonds is 9. The van der Waals surface area contributed by atoms with Crippen LogP contribution in [0.5, 0.6) is 0 Å². The predicted octanol–water partition coefficient (Wildman–Crippen LogP) is 5.45. The minimum atomic E-state index is -3.84. The molecule has 1 heterocycles. The van der Waals surface area contributed by atoms with Crippen molar-refractivity contribution in [3.63, 3.8) is 0 Å². The van der Waals surface area contributed by atoms with Crippen LogP contribution in [0.3, 0.4) is 0 Å². The van der Waals surface area contributed by atoms with E-state index in [9.17, 15) is 18.3 Å². The molecule has 198 valence electrons. The average Bonchev–Trinajstić information content (AvgIpc) is 2.82. The Morgan fingerprint density at radius 3 is 2.11 bits per heavy atom. The maximum Gasteiger partial charge on any atom is 0.407 e. The van der Waals surface area contributed by atoms with Gasteiger partial charge in [-0.2, -0.15) is 4.31 Å². The van der Waals surface area contributed by atoms with Crippen molar-refractivity contribution in [3.05, 3.63) is 66.2 Å². The molecular weight excluding hydrogens is 492 g/mol. The number of amides is 1. The van der Waals surface area contributed by atoms with Crippen LogP contribution in [0.25, 0.3) is 0 Å². The lowest BCUT2D eigenvalue weighted by Crippen LogP contribution is -2.62. The molecule has 0 saturated carbocycles. The molecule has 0 radical (unpaired) electrons. The van der Waals surface area contributed by atoms with Crippen molar-refractivity contribution >= 4 is 24.4 Å². The van der Waals surface area contributed by atoms with Gasteiger partial charge in [-0.1, -0.05) is 69.3 Å². The summed E-state index contributed by atoms with van der Waals surface area (Å²) in [6.07, 6.45) is 0.597. The second kappa shape index (κ2) is 11.5. The Balaban J connectivity index is 1.90. The van der Waals surface area contributed by atoms with Crippen LogP contribution in [0, 0.1) is 0 Å². The Bertz CT molecular complexity index is 1100. The van der Waals surface area contributed by atoms with Crippen molar-refractivity contribution in [1.29, 1.82) is 0 Å².